The molecule has 0 amide bonds. The van der Waals surface area contributed by atoms with Crippen LogP contribution in [-0.4, -0.2) is 29.2 Å². The molecule has 3 nitrogen and oxygen atoms in total. The maximum Gasteiger partial charge on any atom is 0.122 e. The molecule has 0 atom stereocenters. The van der Waals surface area contributed by atoms with Gasteiger partial charge in [0.25, 0.3) is 0 Å². The summed E-state index contributed by atoms with van der Waals surface area (Å²) in [5, 5.41) is 19.9. The predicted octanol–water partition coefficient (Wildman–Crippen LogP) is 1.99. The number of hydrogen-bond acceptors (Lipinski definition) is 3. The number of aryl methyl sites for hydroxylation is 1. The Balaban J connectivity index is 3.22. The van der Waals surface area contributed by atoms with E-state index in [4.69, 9.17) is 0 Å². The van der Waals surface area contributed by atoms with Gasteiger partial charge in [0.2, 0.25) is 0 Å². The van der Waals surface area contributed by atoms with E-state index in [1.165, 1.54) is 0 Å². The molecule has 0 aliphatic carbocycles. The highest BCUT2D eigenvalue weighted by Gasteiger charge is 2.19. The van der Waals surface area contributed by atoms with Crippen LogP contribution in [0.4, 0.5) is 0 Å². The summed E-state index contributed by atoms with van der Waals surface area (Å²) in [4.78, 5) is 1.99. The number of hydrogen-bond donors (Lipinski definition) is 2. The molecule has 1 aromatic rings. The van der Waals surface area contributed by atoms with Crippen LogP contribution >= 0.6 is 0 Å². The van der Waals surface area contributed by atoms with Gasteiger partial charge in [-0.25, -0.2) is 0 Å². The number of aliphatic hydroxyl groups is 1. The van der Waals surface area contributed by atoms with Crippen molar-refractivity contribution in [2.45, 2.75) is 32.9 Å². The van der Waals surface area contributed by atoms with Crippen LogP contribution in [0.25, 0.3) is 0 Å². The Hall–Kier alpha value is -1.06. The van der Waals surface area contributed by atoms with Gasteiger partial charge in [0.1, 0.15) is 5.75 Å². The van der Waals surface area contributed by atoms with E-state index in [0.717, 1.165) is 16.7 Å². The maximum atomic E-state index is 9.97. The van der Waals surface area contributed by atoms with Crippen molar-refractivity contribution in [3.8, 4) is 5.75 Å². The van der Waals surface area contributed by atoms with Crippen molar-refractivity contribution >= 4 is 0 Å². The third-order valence-corrected chi connectivity index (χ3v) is 2.57. The molecule has 0 radical (unpaired) electrons. The van der Waals surface area contributed by atoms with Crippen molar-refractivity contribution in [3.63, 3.8) is 0 Å². The number of aromatic hydroxyl groups is 1. The number of rotatable bonds is 3. The van der Waals surface area contributed by atoms with Gasteiger partial charge in [0.05, 0.1) is 5.60 Å². The van der Waals surface area contributed by atoms with Crippen molar-refractivity contribution in [1.82, 2.24) is 4.90 Å². The molecule has 1 aromatic carbocycles. The number of nitrogens with zero attached hydrogens (tertiary/aromatic N) is 1. The van der Waals surface area contributed by atoms with Gasteiger partial charge < -0.3 is 15.1 Å². The second-order valence-corrected chi connectivity index (χ2v) is 5.10. The average molecular weight is 223 g/mol. The molecule has 0 saturated carbocycles. The smallest absolute Gasteiger partial charge is 0.122 e. The lowest BCUT2D eigenvalue weighted by Crippen LogP contribution is -2.17. The molecule has 0 spiro atoms. The first-order valence-corrected chi connectivity index (χ1v) is 5.42. The summed E-state index contributed by atoms with van der Waals surface area (Å²) >= 11 is 0. The van der Waals surface area contributed by atoms with E-state index in [1.54, 1.807) is 13.8 Å². The summed E-state index contributed by atoms with van der Waals surface area (Å²) in [5.41, 5.74) is 1.61. The monoisotopic (exact) mass is 223 g/mol. The van der Waals surface area contributed by atoms with Crippen LogP contribution in [-0.2, 0) is 12.1 Å². The van der Waals surface area contributed by atoms with Gasteiger partial charge in [-0.15, -0.1) is 0 Å². The zero-order chi connectivity index (χ0) is 12.5. The van der Waals surface area contributed by atoms with E-state index in [9.17, 15) is 10.2 Å². The van der Waals surface area contributed by atoms with Gasteiger partial charge in [-0.05, 0) is 58.1 Å². The molecule has 0 aliphatic heterocycles. The molecule has 0 heterocycles. The summed E-state index contributed by atoms with van der Waals surface area (Å²) < 4.78 is 0. The molecule has 1 rings (SSSR count). The fraction of sp³-hybridized carbons (Fsp3) is 0.538. The Kier molecular flexibility index (Phi) is 3.61. The highest BCUT2D eigenvalue weighted by Crippen LogP contribution is 2.29. The Morgan fingerprint density at radius 3 is 2.25 bits per heavy atom. The molecule has 0 aromatic heterocycles. The van der Waals surface area contributed by atoms with Crippen LogP contribution in [0, 0.1) is 6.92 Å². The summed E-state index contributed by atoms with van der Waals surface area (Å²) in [6, 6.07) is 3.69. The van der Waals surface area contributed by atoms with Crippen LogP contribution in [0.15, 0.2) is 12.1 Å². The quantitative estimate of drug-likeness (QED) is 0.823. The normalized spacial score (nSPS) is 12.2. The minimum Gasteiger partial charge on any atom is -0.507 e. The molecule has 0 aliphatic rings. The number of phenolic OH excluding ortho intramolecular Hbond substituents is 1. The first-order chi connectivity index (χ1) is 7.21. The maximum absolute atomic E-state index is 9.97. The summed E-state index contributed by atoms with van der Waals surface area (Å²) in [5.74, 6) is 0.321. The molecule has 0 unspecified atom stereocenters. The minimum absolute atomic E-state index is 0.321. The third-order valence-electron chi connectivity index (χ3n) is 2.57. The zero-order valence-electron chi connectivity index (χ0n) is 10.7. The van der Waals surface area contributed by atoms with Crippen LogP contribution in [0.5, 0.6) is 5.75 Å². The standard InChI is InChI=1S/C13H21NO2/c1-9-6-11(13(2,3)16)7-10(12(9)15)8-14(4)5/h6-7,15-16H,8H2,1-5H3. The van der Waals surface area contributed by atoms with Gasteiger partial charge in [0, 0.05) is 12.1 Å². The predicted molar refractivity (Wildman–Crippen MR) is 65.5 cm³/mol. The fourth-order valence-electron chi connectivity index (χ4n) is 1.67. The van der Waals surface area contributed by atoms with E-state index < -0.39 is 5.60 Å². The summed E-state index contributed by atoms with van der Waals surface area (Å²) in [6.07, 6.45) is 0. The van der Waals surface area contributed by atoms with Crippen LogP contribution < -0.4 is 0 Å². The molecule has 16 heavy (non-hydrogen) atoms. The lowest BCUT2D eigenvalue weighted by molar-refractivity contribution is 0.0783. The van der Waals surface area contributed by atoms with Crippen molar-refractivity contribution in [2.75, 3.05) is 14.1 Å². The van der Waals surface area contributed by atoms with Crippen LogP contribution in [0.2, 0.25) is 0 Å². The van der Waals surface area contributed by atoms with Gasteiger partial charge in [-0.1, -0.05) is 0 Å². The molecule has 0 saturated heterocycles. The molecule has 2 N–H and O–H groups in total. The second-order valence-electron chi connectivity index (χ2n) is 5.10. The Morgan fingerprint density at radius 1 is 1.25 bits per heavy atom. The second kappa shape index (κ2) is 4.44. The first kappa shape index (κ1) is 13.0. The van der Waals surface area contributed by atoms with Crippen LogP contribution in [0.3, 0.4) is 0 Å². The fourth-order valence-corrected chi connectivity index (χ4v) is 1.67. The van der Waals surface area contributed by atoms with E-state index >= 15 is 0 Å². The van der Waals surface area contributed by atoms with E-state index in [1.807, 2.05) is 38.1 Å². The topological polar surface area (TPSA) is 43.7 Å². The van der Waals surface area contributed by atoms with Crippen molar-refractivity contribution in [3.05, 3.63) is 28.8 Å². The van der Waals surface area contributed by atoms with E-state index in [0.29, 0.717) is 12.3 Å². The SMILES string of the molecule is Cc1cc(C(C)(C)O)cc(CN(C)C)c1O. The Morgan fingerprint density at radius 2 is 1.81 bits per heavy atom. The average Bonchev–Trinajstić information content (AvgIpc) is 2.10. The Bertz CT molecular complexity index is 378. The Labute approximate surface area is 97.3 Å². The lowest BCUT2D eigenvalue weighted by atomic mass is 9.93. The zero-order valence-corrected chi connectivity index (χ0v) is 10.7. The van der Waals surface area contributed by atoms with Crippen molar-refractivity contribution in [2.24, 2.45) is 0 Å². The van der Waals surface area contributed by atoms with E-state index in [-0.39, 0.29) is 0 Å². The number of benzene rings is 1. The first-order valence-electron chi connectivity index (χ1n) is 5.42. The van der Waals surface area contributed by atoms with Crippen molar-refractivity contribution in [1.29, 1.82) is 0 Å². The minimum atomic E-state index is -0.875. The third kappa shape index (κ3) is 2.97. The molecule has 3 heteroatoms. The summed E-state index contributed by atoms with van der Waals surface area (Å²) in [6.45, 7) is 6.01. The van der Waals surface area contributed by atoms with Gasteiger partial charge in [-0.3, -0.25) is 0 Å². The molecular weight excluding hydrogens is 202 g/mol. The van der Waals surface area contributed by atoms with Crippen molar-refractivity contribution < 1.29 is 10.2 Å². The molecule has 90 valence electrons. The summed E-state index contributed by atoms with van der Waals surface area (Å²) in [7, 11) is 3.90. The molecule has 0 fully saturated rings. The van der Waals surface area contributed by atoms with E-state index in [2.05, 4.69) is 0 Å². The van der Waals surface area contributed by atoms with Gasteiger partial charge >= 0.3 is 0 Å². The molecular formula is C13H21NO2. The number of phenols is 1. The largest absolute Gasteiger partial charge is 0.507 e. The van der Waals surface area contributed by atoms with Crippen LogP contribution in [0.1, 0.15) is 30.5 Å². The van der Waals surface area contributed by atoms with Gasteiger partial charge in [0.15, 0.2) is 0 Å². The highest BCUT2D eigenvalue weighted by molar-refractivity contribution is 5.44. The lowest BCUT2D eigenvalue weighted by Gasteiger charge is -2.21. The molecule has 0 bridgehead atoms. The van der Waals surface area contributed by atoms with Gasteiger partial charge in [-0.2, -0.15) is 0 Å². The highest BCUT2D eigenvalue weighted by atomic mass is 16.3.